The number of aliphatic imine (C=N–C) groups is 1. The van der Waals surface area contributed by atoms with E-state index in [4.69, 9.17) is 4.99 Å². The standard InChI is InChI=1S/C20H27BrN6O.HI/c1-3-22-20(27-10-7-16(14-27)17-12-25-26(2)13-17)24-9-8-23-19(28)15-5-4-6-18(21)11-15;/h4-6,11-13,16H,3,7-10,14H2,1-2H3,(H,22,24)(H,23,28);1H. The fraction of sp³-hybridized carbons (Fsp3) is 0.450. The number of hydrogen-bond donors (Lipinski definition) is 2. The largest absolute Gasteiger partial charge is 0.357 e. The van der Waals surface area contributed by atoms with E-state index in [0.717, 1.165) is 36.5 Å². The monoisotopic (exact) mass is 574 g/mol. The summed E-state index contributed by atoms with van der Waals surface area (Å²) in [6, 6.07) is 7.37. The first kappa shape index (κ1) is 23.7. The smallest absolute Gasteiger partial charge is 0.251 e. The number of hydrogen-bond acceptors (Lipinski definition) is 3. The number of halogens is 2. The van der Waals surface area contributed by atoms with E-state index < -0.39 is 0 Å². The predicted molar refractivity (Wildman–Crippen MR) is 130 cm³/mol. The maximum atomic E-state index is 12.2. The summed E-state index contributed by atoms with van der Waals surface area (Å²) in [6.07, 6.45) is 5.14. The Morgan fingerprint density at radius 3 is 2.90 bits per heavy atom. The normalized spacial score (nSPS) is 16.4. The zero-order valence-corrected chi connectivity index (χ0v) is 20.7. The van der Waals surface area contributed by atoms with E-state index >= 15 is 0 Å². The van der Waals surface area contributed by atoms with Crippen LogP contribution in [0.15, 0.2) is 46.1 Å². The Bertz CT molecular complexity index is 840. The van der Waals surface area contributed by atoms with Crippen LogP contribution < -0.4 is 10.6 Å². The van der Waals surface area contributed by atoms with E-state index in [1.807, 2.05) is 36.1 Å². The van der Waals surface area contributed by atoms with Crippen molar-refractivity contribution in [1.29, 1.82) is 0 Å². The van der Waals surface area contributed by atoms with Crippen molar-refractivity contribution in [3.8, 4) is 0 Å². The maximum absolute atomic E-state index is 12.2. The van der Waals surface area contributed by atoms with Gasteiger partial charge in [-0.3, -0.25) is 14.5 Å². The molecular weight excluding hydrogens is 547 g/mol. The summed E-state index contributed by atoms with van der Waals surface area (Å²) in [7, 11) is 1.95. The molecule has 1 atom stereocenters. The topological polar surface area (TPSA) is 74.6 Å². The van der Waals surface area contributed by atoms with Gasteiger partial charge in [0.25, 0.3) is 5.91 Å². The summed E-state index contributed by atoms with van der Waals surface area (Å²) in [4.78, 5) is 19.2. The quantitative estimate of drug-likeness (QED) is 0.241. The fourth-order valence-electron chi connectivity index (χ4n) is 3.36. The highest BCUT2D eigenvalue weighted by atomic mass is 127. The minimum atomic E-state index is -0.0840. The van der Waals surface area contributed by atoms with Crippen LogP contribution in [0, 0.1) is 0 Å². The molecule has 1 fully saturated rings. The molecule has 1 aromatic heterocycles. The van der Waals surface area contributed by atoms with Crippen molar-refractivity contribution < 1.29 is 4.79 Å². The molecule has 1 unspecified atom stereocenters. The van der Waals surface area contributed by atoms with Crippen molar-refractivity contribution in [2.75, 3.05) is 32.7 Å². The molecular formula is C20H28BrIN6O. The number of guanidine groups is 1. The highest BCUT2D eigenvalue weighted by Gasteiger charge is 2.26. The second-order valence-corrected chi connectivity index (χ2v) is 7.80. The molecule has 9 heteroatoms. The van der Waals surface area contributed by atoms with Gasteiger partial charge in [-0.05, 0) is 37.1 Å². The summed E-state index contributed by atoms with van der Waals surface area (Å²) < 4.78 is 2.75. The Morgan fingerprint density at radius 1 is 1.38 bits per heavy atom. The number of aromatic nitrogens is 2. The van der Waals surface area contributed by atoms with Crippen molar-refractivity contribution in [2.24, 2.45) is 12.0 Å². The average molecular weight is 575 g/mol. The number of benzene rings is 1. The van der Waals surface area contributed by atoms with Crippen LogP contribution in [-0.4, -0.2) is 59.3 Å². The SMILES string of the molecule is CCNC(=NCCNC(=O)c1cccc(Br)c1)N1CCC(c2cnn(C)c2)C1.I. The molecule has 3 rings (SSSR count). The second kappa shape index (κ2) is 11.5. The number of rotatable bonds is 6. The van der Waals surface area contributed by atoms with Gasteiger partial charge in [0.15, 0.2) is 5.96 Å². The molecule has 0 spiro atoms. The van der Waals surface area contributed by atoms with E-state index in [9.17, 15) is 4.79 Å². The molecule has 158 valence electrons. The van der Waals surface area contributed by atoms with Gasteiger partial charge in [0.2, 0.25) is 0 Å². The molecule has 1 amide bonds. The Balaban J connectivity index is 0.00000300. The van der Waals surface area contributed by atoms with Crippen LogP contribution in [0.5, 0.6) is 0 Å². The van der Waals surface area contributed by atoms with Crippen LogP contribution >= 0.6 is 39.9 Å². The molecule has 1 aliphatic rings. The summed E-state index contributed by atoms with van der Waals surface area (Å²) in [5, 5.41) is 10.6. The lowest BCUT2D eigenvalue weighted by molar-refractivity contribution is 0.0954. The lowest BCUT2D eigenvalue weighted by Gasteiger charge is -2.21. The first-order valence-corrected chi connectivity index (χ1v) is 10.4. The van der Waals surface area contributed by atoms with Gasteiger partial charge in [0.05, 0.1) is 12.7 Å². The van der Waals surface area contributed by atoms with Crippen molar-refractivity contribution in [3.05, 3.63) is 52.3 Å². The minimum Gasteiger partial charge on any atom is -0.357 e. The zero-order chi connectivity index (χ0) is 19.9. The molecule has 2 N–H and O–H groups in total. The zero-order valence-electron chi connectivity index (χ0n) is 16.8. The van der Waals surface area contributed by atoms with Crippen molar-refractivity contribution in [2.45, 2.75) is 19.3 Å². The van der Waals surface area contributed by atoms with Crippen LogP contribution in [0.25, 0.3) is 0 Å². The third-order valence-electron chi connectivity index (χ3n) is 4.76. The third kappa shape index (κ3) is 6.70. The van der Waals surface area contributed by atoms with E-state index in [2.05, 4.69) is 49.7 Å². The maximum Gasteiger partial charge on any atom is 0.251 e. The number of amides is 1. The molecule has 0 bridgehead atoms. The first-order valence-electron chi connectivity index (χ1n) is 9.62. The van der Waals surface area contributed by atoms with E-state index in [1.165, 1.54) is 5.56 Å². The van der Waals surface area contributed by atoms with Gasteiger partial charge in [0, 0.05) is 55.4 Å². The van der Waals surface area contributed by atoms with Crippen molar-refractivity contribution in [3.63, 3.8) is 0 Å². The highest BCUT2D eigenvalue weighted by Crippen LogP contribution is 2.26. The summed E-state index contributed by atoms with van der Waals surface area (Å²) in [6.45, 7) is 5.82. The summed E-state index contributed by atoms with van der Waals surface area (Å²) >= 11 is 3.39. The number of nitrogens with one attached hydrogen (secondary N) is 2. The molecule has 1 saturated heterocycles. The Hall–Kier alpha value is -1.62. The van der Waals surface area contributed by atoms with Crippen molar-refractivity contribution >= 4 is 51.8 Å². The molecule has 1 aliphatic heterocycles. The van der Waals surface area contributed by atoms with Gasteiger partial charge in [-0.25, -0.2) is 0 Å². The second-order valence-electron chi connectivity index (χ2n) is 6.88. The van der Waals surface area contributed by atoms with Gasteiger partial charge in [-0.1, -0.05) is 22.0 Å². The number of likely N-dealkylation sites (tertiary alicyclic amines) is 1. The molecule has 0 aliphatic carbocycles. The summed E-state index contributed by atoms with van der Waals surface area (Å²) in [5.74, 6) is 1.30. The van der Waals surface area contributed by atoms with Crippen LogP contribution in [0.4, 0.5) is 0 Å². The summed E-state index contributed by atoms with van der Waals surface area (Å²) in [5.41, 5.74) is 1.92. The fourth-order valence-corrected chi connectivity index (χ4v) is 3.76. The molecule has 0 radical (unpaired) electrons. The van der Waals surface area contributed by atoms with Gasteiger partial charge in [-0.2, -0.15) is 5.10 Å². The average Bonchev–Trinajstić information content (AvgIpc) is 3.33. The van der Waals surface area contributed by atoms with Crippen LogP contribution in [0.1, 0.15) is 35.2 Å². The molecule has 2 aromatic rings. The highest BCUT2D eigenvalue weighted by molar-refractivity contribution is 14.0. The first-order chi connectivity index (χ1) is 13.6. The molecule has 1 aromatic carbocycles. The molecule has 2 heterocycles. The van der Waals surface area contributed by atoms with Gasteiger partial charge >= 0.3 is 0 Å². The van der Waals surface area contributed by atoms with Crippen LogP contribution in [-0.2, 0) is 7.05 Å². The number of aryl methyl sites for hydroxylation is 1. The minimum absolute atomic E-state index is 0. The lowest BCUT2D eigenvalue weighted by Crippen LogP contribution is -2.40. The Labute approximate surface area is 197 Å². The number of carbonyl (C=O) groups excluding carboxylic acids is 1. The molecule has 7 nitrogen and oxygen atoms in total. The van der Waals surface area contributed by atoms with E-state index in [0.29, 0.717) is 24.6 Å². The third-order valence-corrected chi connectivity index (χ3v) is 5.26. The van der Waals surface area contributed by atoms with Gasteiger partial charge < -0.3 is 15.5 Å². The number of carbonyl (C=O) groups is 1. The Morgan fingerprint density at radius 2 is 2.21 bits per heavy atom. The van der Waals surface area contributed by atoms with Crippen LogP contribution in [0.2, 0.25) is 0 Å². The molecule has 0 saturated carbocycles. The van der Waals surface area contributed by atoms with Gasteiger partial charge in [-0.15, -0.1) is 24.0 Å². The lowest BCUT2D eigenvalue weighted by atomic mass is 10.0. The van der Waals surface area contributed by atoms with Gasteiger partial charge in [0.1, 0.15) is 0 Å². The number of nitrogens with zero attached hydrogens (tertiary/aromatic N) is 4. The van der Waals surface area contributed by atoms with E-state index in [1.54, 1.807) is 6.07 Å². The van der Waals surface area contributed by atoms with Crippen molar-refractivity contribution in [1.82, 2.24) is 25.3 Å². The van der Waals surface area contributed by atoms with Crippen LogP contribution in [0.3, 0.4) is 0 Å². The molecule has 29 heavy (non-hydrogen) atoms. The van der Waals surface area contributed by atoms with E-state index in [-0.39, 0.29) is 29.9 Å². The predicted octanol–water partition coefficient (Wildman–Crippen LogP) is 2.99. The Kier molecular flexibility index (Phi) is 9.41.